The first kappa shape index (κ1) is 11.9. The predicted octanol–water partition coefficient (Wildman–Crippen LogP) is 2.68. The number of hydrogen-bond acceptors (Lipinski definition) is 3. The average Bonchev–Trinajstić information content (AvgIpc) is 2.22. The molecule has 15 heavy (non-hydrogen) atoms. The van der Waals surface area contributed by atoms with Crippen molar-refractivity contribution >= 4 is 0 Å². The minimum atomic E-state index is -0.191. The number of nitrogens with two attached hydrogens (primary N) is 1. The van der Waals surface area contributed by atoms with Crippen molar-refractivity contribution in [2.75, 3.05) is 0 Å². The number of rotatable bonds is 5. The van der Waals surface area contributed by atoms with Gasteiger partial charge in [-0.1, -0.05) is 26.2 Å². The molecule has 84 valence electrons. The van der Waals surface area contributed by atoms with Crippen molar-refractivity contribution in [1.82, 2.24) is 0 Å². The summed E-state index contributed by atoms with van der Waals surface area (Å²) in [5.41, 5.74) is 6.57. The van der Waals surface area contributed by atoms with E-state index in [-0.39, 0.29) is 17.5 Å². The molecule has 3 nitrogen and oxygen atoms in total. The van der Waals surface area contributed by atoms with E-state index < -0.39 is 0 Å². The largest absolute Gasteiger partial charge is 0.508 e. The van der Waals surface area contributed by atoms with E-state index in [9.17, 15) is 10.2 Å². The van der Waals surface area contributed by atoms with E-state index >= 15 is 0 Å². The van der Waals surface area contributed by atoms with Gasteiger partial charge in [0.2, 0.25) is 0 Å². The lowest BCUT2D eigenvalue weighted by atomic mass is 10.0. The quantitative estimate of drug-likeness (QED) is 0.516. The predicted molar refractivity (Wildman–Crippen MR) is 60.8 cm³/mol. The Kier molecular flexibility index (Phi) is 4.43. The van der Waals surface area contributed by atoms with Gasteiger partial charge in [-0.3, -0.25) is 0 Å². The zero-order valence-electron chi connectivity index (χ0n) is 9.11. The van der Waals surface area contributed by atoms with Crippen LogP contribution < -0.4 is 5.73 Å². The van der Waals surface area contributed by atoms with Crippen LogP contribution in [0, 0.1) is 0 Å². The topological polar surface area (TPSA) is 66.5 Å². The van der Waals surface area contributed by atoms with Crippen molar-refractivity contribution in [3.8, 4) is 11.5 Å². The zero-order chi connectivity index (χ0) is 11.3. The number of benzene rings is 1. The minimum absolute atomic E-state index is 0.147. The molecule has 0 saturated heterocycles. The van der Waals surface area contributed by atoms with Gasteiger partial charge in [0.25, 0.3) is 0 Å². The summed E-state index contributed by atoms with van der Waals surface area (Å²) in [6.07, 6.45) is 4.18. The van der Waals surface area contributed by atoms with E-state index in [2.05, 4.69) is 6.92 Å². The molecular weight excluding hydrogens is 190 g/mol. The maximum absolute atomic E-state index is 9.57. The lowest BCUT2D eigenvalue weighted by molar-refractivity contribution is 0.443. The molecule has 0 heterocycles. The molecule has 0 aliphatic carbocycles. The van der Waals surface area contributed by atoms with Crippen molar-refractivity contribution in [2.24, 2.45) is 5.73 Å². The molecule has 0 fully saturated rings. The van der Waals surface area contributed by atoms with Crippen LogP contribution >= 0.6 is 0 Å². The second kappa shape index (κ2) is 5.61. The van der Waals surface area contributed by atoms with Crippen molar-refractivity contribution in [3.05, 3.63) is 23.8 Å². The number of hydrogen-bond donors (Lipinski definition) is 3. The van der Waals surface area contributed by atoms with E-state index in [4.69, 9.17) is 5.73 Å². The molecule has 0 aliphatic heterocycles. The Morgan fingerprint density at radius 1 is 1.27 bits per heavy atom. The van der Waals surface area contributed by atoms with Crippen molar-refractivity contribution in [3.63, 3.8) is 0 Å². The van der Waals surface area contributed by atoms with Crippen molar-refractivity contribution < 1.29 is 10.2 Å². The molecule has 3 heteroatoms. The zero-order valence-corrected chi connectivity index (χ0v) is 9.11. The van der Waals surface area contributed by atoms with Gasteiger partial charge in [0.15, 0.2) is 0 Å². The first-order valence-electron chi connectivity index (χ1n) is 5.42. The molecular formula is C12H19NO2. The van der Waals surface area contributed by atoms with E-state index in [1.165, 1.54) is 18.2 Å². The van der Waals surface area contributed by atoms with Gasteiger partial charge in [0.05, 0.1) is 0 Å². The van der Waals surface area contributed by atoms with Crippen LogP contribution in [0.4, 0.5) is 0 Å². The summed E-state index contributed by atoms with van der Waals surface area (Å²) in [5, 5.41) is 18.9. The summed E-state index contributed by atoms with van der Waals surface area (Å²) in [6, 6.07) is 4.28. The maximum atomic E-state index is 9.57. The molecule has 0 saturated carbocycles. The molecule has 0 amide bonds. The highest BCUT2D eigenvalue weighted by Gasteiger charge is 2.11. The smallest absolute Gasteiger partial charge is 0.120 e. The molecule has 1 aromatic carbocycles. The minimum Gasteiger partial charge on any atom is -0.508 e. The molecule has 0 aliphatic rings. The third-order valence-corrected chi connectivity index (χ3v) is 2.53. The van der Waals surface area contributed by atoms with E-state index in [1.54, 1.807) is 0 Å². The number of phenols is 2. The highest BCUT2D eigenvalue weighted by Crippen LogP contribution is 2.29. The number of phenolic OH excluding ortho intramolecular Hbond substituents is 2. The SMILES string of the molecule is CCCCC[C@H](N)c1cc(O)ccc1O. The summed E-state index contributed by atoms with van der Waals surface area (Å²) in [5.74, 6) is 0.311. The third-order valence-electron chi connectivity index (χ3n) is 2.53. The van der Waals surface area contributed by atoms with Crippen molar-refractivity contribution in [1.29, 1.82) is 0 Å². The molecule has 0 bridgehead atoms. The fourth-order valence-corrected chi connectivity index (χ4v) is 1.61. The average molecular weight is 209 g/mol. The van der Waals surface area contributed by atoms with Crippen LogP contribution in [-0.4, -0.2) is 10.2 Å². The number of aromatic hydroxyl groups is 2. The Bertz CT molecular complexity index is 312. The van der Waals surface area contributed by atoms with Gasteiger partial charge >= 0.3 is 0 Å². The Labute approximate surface area is 90.5 Å². The summed E-state index contributed by atoms with van der Waals surface area (Å²) in [7, 11) is 0. The van der Waals surface area contributed by atoms with Gasteiger partial charge in [-0.05, 0) is 24.6 Å². The monoisotopic (exact) mass is 209 g/mol. The van der Waals surface area contributed by atoms with Crippen LogP contribution in [0.1, 0.15) is 44.2 Å². The highest BCUT2D eigenvalue weighted by atomic mass is 16.3. The molecule has 0 unspecified atom stereocenters. The number of unbranched alkanes of at least 4 members (excludes halogenated alkanes) is 2. The lowest BCUT2D eigenvalue weighted by Gasteiger charge is -2.13. The molecule has 1 atom stereocenters. The first-order valence-corrected chi connectivity index (χ1v) is 5.42. The molecule has 4 N–H and O–H groups in total. The molecule has 0 aromatic heterocycles. The summed E-state index contributed by atoms with van der Waals surface area (Å²) in [6.45, 7) is 2.14. The highest BCUT2D eigenvalue weighted by molar-refractivity contribution is 5.40. The third kappa shape index (κ3) is 3.44. The Balaban J connectivity index is 2.64. The Morgan fingerprint density at radius 3 is 2.67 bits per heavy atom. The molecule has 1 rings (SSSR count). The molecule has 1 aromatic rings. The Morgan fingerprint density at radius 2 is 2.00 bits per heavy atom. The first-order chi connectivity index (χ1) is 7.15. The van der Waals surface area contributed by atoms with Gasteiger partial charge < -0.3 is 15.9 Å². The van der Waals surface area contributed by atoms with E-state index in [0.717, 1.165) is 25.7 Å². The Hall–Kier alpha value is -1.22. The molecule has 0 spiro atoms. The van der Waals surface area contributed by atoms with Crippen LogP contribution in [0.3, 0.4) is 0 Å². The van der Waals surface area contributed by atoms with Crippen LogP contribution in [0.5, 0.6) is 11.5 Å². The van der Waals surface area contributed by atoms with Crippen LogP contribution in [0.15, 0.2) is 18.2 Å². The fourth-order valence-electron chi connectivity index (χ4n) is 1.61. The summed E-state index contributed by atoms with van der Waals surface area (Å²) < 4.78 is 0. The lowest BCUT2D eigenvalue weighted by Crippen LogP contribution is -2.10. The van der Waals surface area contributed by atoms with E-state index in [0.29, 0.717) is 5.56 Å². The van der Waals surface area contributed by atoms with Gasteiger partial charge in [-0.2, -0.15) is 0 Å². The van der Waals surface area contributed by atoms with Crippen LogP contribution in [0.2, 0.25) is 0 Å². The normalized spacial score (nSPS) is 12.7. The van der Waals surface area contributed by atoms with Crippen LogP contribution in [0.25, 0.3) is 0 Å². The fraction of sp³-hybridized carbons (Fsp3) is 0.500. The van der Waals surface area contributed by atoms with Gasteiger partial charge in [0, 0.05) is 11.6 Å². The van der Waals surface area contributed by atoms with Crippen molar-refractivity contribution in [2.45, 2.75) is 38.6 Å². The van der Waals surface area contributed by atoms with Gasteiger partial charge in [-0.15, -0.1) is 0 Å². The van der Waals surface area contributed by atoms with E-state index in [1.807, 2.05) is 0 Å². The van der Waals surface area contributed by atoms with Crippen LogP contribution in [-0.2, 0) is 0 Å². The van der Waals surface area contributed by atoms with Gasteiger partial charge in [0.1, 0.15) is 11.5 Å². The second-order valence-electron chi connectivity index (χ2n) is 3.85. The molecule has 0 radical (unpaired) electrons. The summed E-state index contributed by atoms with van der Waals surface area (Å²) in [4.78, 5) is 0. The second-order valence-corrected chi connectivity index (χ2v) is 3.85. The maximum Gasteiger partial charge on any atom is 0.120 e. The summed E-state index contributed by atoms with van der Waals surface area (Å²) >= 11 is 0. The van der Waals surface area contributed by atoms with Gasteiger partial charge in [-0.25, -0.2) is 0 Å². The standard InChI is InChI=1S/C12H19NO2/c1-2-3-4-5-11(13)10-8-9(14)6-7-12(10)15/h6-8,11,14-15H,2-5,13H2,1H3/t11-/m0/s1.